The molecule has 74 heavy (non-hydrogen) atoms. The number of para-hydroxylation sites is 1. The highest BCUT2D eigenvalue weighted by Crippen LogP contribution is 2.59. The summed E-state index contributed by atoms with van der Waals surface area (Å²) in [5, 5.41) is 7.21. The minimum Gasteiger partial charge on any atom is -0.456 e. The molecule has 0 fully saturated rings. The van der Waals surface area contributed by atoms with E-state index in [9.17, 15) is 0 Å². The van der Waals surface area contributed by atoms with Crippen LogP contribution in [-0.4, -0.2) is 0 Å². The summed E-state index contributed by atoms with van der Waals surface area (Å²) in [5.41, 5.74) is 21.8. The largest absolute Gasteiger partial charge is 0.456 e. The predicted molar refractivity (Wildman–Crippen MR) is 309 cm³/mol. The lowest BCUT2D eigenvalue weighted by Crippen LogP contribution is -2.28. The van der Waals surface area contributed by atoms with Gasteiger partial charge in [-0.2, -0.15) is 0 Å². The number of benzene rings is 12. The molecular formula is C72H49NO. The third kappa shape index (κ3) is 6.12. The number of rotatable bonds is 7. The number of furan rings is 1. The average molecular weight is 944 g/mol. The molecule has 0 spiro atoms. The zero-order valence-corrected chi connectivity index (χ0v) is 41.2. The molecule has 0 saturated heterocycles. The van der Waals surface area contributed by atoms with Crippen LogP contribution in [-0.2, 0) is 10.8 Å². The van der Waals surface area contributed by atoms with Gasteiger partial charge in [0.15, 0.2) is 0 Å². The van der Waals surface area contributed by atoms with E-state index >= 15 is 0 Å². The maximum Gasteiger partial charge on any atom is 0.136 e. The first kappa shape index (κ1) is 42.4. The normalized spacial score (nSPS) is 13.8. The van der Waals surface area contributed by atoms with Gasteiger partial charge in [0.05, 0.1) is 11.1 Å². The summed E-state index contributed by atoms with van der Waals surface area (Å²) in [6.07, 6.45) is 0. The van der Waals surface area contributed by atoms with Crippen LogP contribution in [0.5, 0.6) is 0 Å². The van der Waals surface area contributed by atoms with E-state index in [1.54, 1.807) is 0 Å². The van der Waals surface area contributed by atoms with Crippen LogP contribution in [0.3, 0.4) is 0 Å². The minimum atomic E-state index is -0.562. The number of fused-ring (bicyclic) bond motifs is 12. The number of hydrogen-bond acceptors (Lipinski definition) is 2. The van der Waals surface area contributed by atoms with E-state index in [0.717, 1.165) is 61.3 Å². The summed E-state index contributed by atoms with van der Waals surface area (Å²) in [6.45, 7) is 4.82. The fraction of sp³-hybridized carbons (Fsp3) is 0.0556. The molecule has 1 heterocycles. The van der Waals surface area contributed by atoms with Crippen LogP contribution in [0.25, 0.3) is 88.0 Å². The second-order valence-electron chi connectivity index (χ2n) is 20.7. The Balaban J connectivity index is 0.968. The Morgan fingerprint density at radius 1 is 0.324 bits per heavy atom. The van der Waals surface area contributed by atoms with Gasteiger partial charge in [0.1, 0.15) is 11.2 Å². The summed E-state index contributed by atoms with van der Waals surface area (Å²) in [4.78, 5) is 2.53. The van der Waals surface area contributed by atoms with Crippen molar-refractivity contribution in [2.75, 3.05) is 4.90 Å². The number of nitrogens with zero attached hydrogens (tertiary/aromatic N) is 1. The zero-order chi connectivity index (χ0) is 49.1. The first-order valence-electron chi connectivity index (χ1n) is 25.8. The third-order valence-electron chi connectivity index (χ3n) is 16.5. The second-order valence-corrected chi connectivity index (χ2v) is 20.7. The smallest absolute Gasteiger partial charge is 0.136 e. The molecule has 12 aromatic carbocycles. The molecule has 0 radical (unpaired) electrons. The number of hydrogen-bond donors (Lipinski definition) is 0. The Hall–Kier alpha value is -9.24. The van der Waals surface area contributed by atoms with Gasteiger partial charge < -0.3 is 9.32 Å². The topological polar surface area (TPSA) is 16.4 Å². The van der Waals surface area contributed by atoms with Gasteiger partial charge in [-0.3, -0.25) is 0 Å². The molecule has 13 aromatic rings. The van der Waals surface area contributed by atoms with Gasteiger partial charge in [-0.05, 0) is 148 Å². The molecule has 2 nitrogen and oxygen atoms in total. The molecule has 2 heteroatoms. The van der Waals surface area contributed by atoms with Crippen molar-refractivity contribution in [3.05, 3.63) is 294 Å². The van der Waals surface area contributed by atoms with Gasteiger partial charge in [-0.1, -0.05) is 220 Å². The standard InChI is InChI=1S/C72H49NO/c1-71(2)65-44-52(36-39-59(65)61-37-33-46-19-11-12-27-55(46)70(61)71)73(53-35-38-58-57-29-15-17-31-64(57)72(66(58)45-53,50-22-5-3-6-23-50)51-24-7-4-8-25-51)67-32-18-16-30-60(67)56-28-14-13-26-54(56)49-34-40-68-62(42-49)63-41-47-20-9-10-21-48(47)43-69(63)74-68/h3-45H,1-2H3. The average Bonchev–Trinajstić information content (AvgIpc) is 4.05. The van der Waals surface area contributed by atoms with Crippen molar-refractivity contribution in [2.24, 2.45) is 0 Å². The van der Waals surface area contributed by atoms with Gasteiger partial charge in [0.25, 0.3) is 0 Å². The molecule has 348 valence electrons. The Kier molecular flexibility index (Phi) is 9.25. The van der Waals surface area contributed by atoms with Crippen LogP contribution in [0.4, 0.5) is 17.1 Å². The van der Waals surface area contributed by atoms with Crippen LogP contribution in [0, 0.1) is 0 Å². The molecule has 0 unspecified atom stereocenters. The lowest BCUT2D eigenvalue weighted by atomic mass is 9.67. The molecule has 0 bridgehead atoms. The lowest BCUT2D eigenvalue weighted by Gasteiger charge is -2.35. The van der Waals surface area contributed by atoms with Gasteiger partial charge >= 0.3 is 0 Å². The van der Waals surface area contributed by atoms with Gasteiger partial charge in [0, 0.05) is 33.1 Å². The zero-order valence-electron chi connectivity index (χ0n) is 41.2. The maximum absolute atomic E-state index is 6.52. The molecule has 0 saturated carbocycles. The fourth-order valence-corrected chi connectivity index (χ4v) is 13.2. The van der Waals surface area contributed by atoms with Crippen molar-refractivity contribution in [3.63, 3.8) is 0 Å². The van der Waals surface area contributed by atoms with Crippen molar-refractivity contribution in [2.45, 2.75) is 24.7 Å². The monoisotopic (exact) mass is 943 g/mol. The van der Waals surface area contributed by atoms with Gasteiger partial charge in [0.2, 0.25) is 0 Å². The first-order valence-corrected chi connectivity index (χ1v) is 25.8. The third-order valence-corrected chi connectivity index (χ3v) is 16.5. The van der Waals surface area contributed by atoms with Crippen molar-refractivity contribution in [1.29, 1.82) is 0 Å². The van der Waals surface area contributed by atoms with Gasteiger partial charge in [-0.15, -0.1) is 0 Å². The highest BCUT2D eigenvalue weighted by Gasteiger charge is 2.46. The highest BCUT2D eigenvalue weighted by atomic mass is 16.3. The van der Waals surface area contributed by atoms with E-state index in [1.807, 2.05) is 0 Å². The maximum atomic E-state index is 6.52. The van der Waals surface area contributed by atoms with E-state index < -0.39 is 5.41 Å². The summed E-state index contributed by atoms with van der Waals surface area (Å²) in [7, 11) is 0. The SMILES string of the molecule is CC1(C)c2cc(N(c3ccc4c(c3)C(c3ccccc3)(c3ccccc3)c3ccccc3-4)c3ccccc3-c3ccccc3-c3ccc4oc5cc6ccccc6cc5c4c3)ccc2-c2ccc3ccccc3c21. The minimum absolute atomic E-state index is 0.253. The van der Waals surface area contributed by atoms with Crippen LogP contribution < -0.4 is 4.90 Å². The van der Waals surface area contributed by atoms with Crippen molar-refractivity contribution in [3.8, 4) is 44.5 Å². The van der Waals surface area contributed by atoms with Crippen molar-refractivity contribution in [1.82, 2.24) is 0 Å². The lowest BCUT2D eigenvalue weighted by molar-refractivity contribution is 0.666. The Morgan fingerprint density at radius 2 is 0.865 bits per heavy atom. The van der Waals surface area contributed by atoms with Crippen LogP contribution in [0.2, 0.25) is 0 Å². The Bertz CT molecular complexity index is 4370. The van der Waals surface area contributed by atoms with Gasteiger partial charge in [-0.25, -0.2) is 0 Å². The van der Waals surface area contributed by atoms with E-state index in [2.05, 4.69) is 280 Å². The molecular weight excluding hydrogens is 895 g/mol. The number of anilines is 3. The Labute approximate surface area is 431 Å². The first-order chi connectivity index (χ1) is 36.4. The fourth-order valence-electron chi connectivity index (χ4n) is 13.2. The molecule has 1 aromatic heterocycles. The van der Waals surface area contributed by atoms with E-state index in [4.69, 9.17) is 4.42 Å². The summed E-state index contributed by atoms with van der Waals surface area (Å²) < 4.78 is 6.52. The van der Waals surface area contributed by atoms with Crippen molar-refractivity contribution >= 4 is 60.5 Å². The predicted octanol–water partition coefficient (Wildman–Crippen LogP) is 19.4. The summed E-state index contributed by atoms with van der Waals surface area (Å²) >= 11 is 0. The molecule has 2 aliphatic rings. The second kappa shape index (κ2) is 16.1. The molecule has 2 aliphatic carbocycles. The molecule has 15 rings (SSSR count). The summed E-state index contributed by atoms with van der Waals surface area (Å²) in [5.74, 6) is 0. The molecule has 0 atom stereocenters. The van der Waals surface area contributed by atoms with E-state index in [1.165, 1.54) is 77.2 Å². The Morgan fingerprint density at radius 3 is 1.61 bits per heavy atom. The van der Waals surface area contributed by atoms with Crippen LogP contribution >= 0.6 is 0 Å². The van der Waals surface area contributed by atoms with E-state index in [0.29, 0.717) is 0 Å². The highest BCUT2D eigenvalue weighted by molar-refractivity contribution is 6.11. The molecule has 0 N–H and O–H groups in total. The molecule has 0 amide bonds. The van der Waals surface area contributed by atoms with Crippen LogP contribution in [0.1, 0.15) is 47.2 Å². The van der Waals surface area contributed by atoms with Crippen LogP contribution in [0.15, 0.2) is 265 Å². The quantitative estimate of drug-likeness (QED) is 0.158. The van der Waals surface area contributed by atoms with Crippen molar-refractivity contribution < 1.29 is 4.42 Å². The summed E-state index contributed by atoms with van der Waals surface area (Å²) in [6, 6.07) is 96.8. The molecule has 0 aliphatic heterocycles. The van der Waals surface area contributed by atoms with E-state index in [-0.39, 0.29) is 5.41 Å².